The number of hydrogen-bond acceptors (Lipinski definition) is 2. The number of anilines is 2. The Labute approximate surface area is 227 Å². The van der Waals surface area contributed by atoms with E-state index in [4.69, 9.17) is 58.0 Å². The zero-order chi connectivity index (χ0) is 24.8. The summed E-state index contributed by atoms with van der Waals surface area (Å²) in [6.45, 7) is 0. The second-order valence-corrected chi connectivity index (χ2v) is 11.2. The monoisotopic (exact) mass is 622 g/mol. The van der Waals surface area contributed by atoms with Crippen LogP contribution in [-0.2, 0) is 4.79 Å². The highest BCUT2D eigenvalue weighted by Gasteiger charge is 2.67. The molecule has 34 heavy (non-hydrogen) atoms. The van der Waals surface area contributed by atoms with Gasteiger partial charge >= 0.3 is 0 Å². The summed E-state index contributed by atoms with van der Waals surface area (Å²) < 4.78 is 13.3. The summed E-state index contributed by atoms with van der Waals surface area (Å²) in [6.07, 6.45) is 0. The van der Waals surface area contributed by atoms with E-state index in [0.717, 1.165) is 0 Å². The SMILES string of the molecule is O=C(Nc1ccc(Br)cc1F)c1cc(NC(=O)[C@H]2[C@H](c3cc(Cl)cc(Cl)c3)C2(Cl)Cl)ccc1Cl. The normalized spacial score (nSPS) is 18.3. The van der Waals surface area contributed by atoms with Gasteiger partial charge in [-0.15, -0.1) is 23.2 Å². The van der Waals surface area contributed by atoms with Gasteiger partial charge in [0.05, 0.1) is 22.2 Å². The highest BCUT2D eigenvalue weighted by atomic mass is 79.9. The van der Waals surface area contributed by atoms with Crippen LogP contribution in [0.15, 0.2) is 59.1 Å². The van der Waals surface area contributed by atoms with Crippen molar-refractivity contribution in [3.05, 3.63) is 91.1 Å². The average Bonchev–Trinajstić information content (AvgIpc) is 3.33. The van der Waals surface area contributed by atoms with E-state index in [2.05, 4.69) is 26.6 Å². The van der Waals surface area contributed by atoms with Crippen molar-refractivity contribution < 1.29 is 14.0 Å². The fourth-order valence-electron chi connectivity index (χ4n) is 3.60. The minimum Gasteiger partial charge on any atom is -0.326 e. The van der Waals surface area contributed by atoms with Gasteiger partial charge in [0.2, 0.25) is 5.91 Å². The van der Waals surface area contributed by atoms with Gasteiger partial charge in [0.15, 0.2) is 0 Å². The quantitative estimate of drug-likeness (QED) is 0.280. The lowest BCUT2D eigenvalue weighted by molar-refractivity contribution is -0.117. The number of halogens is 7. The van der Waals surface area contributed by atoms with Crippen LogP contribution in [0.25, 0.3) is 0 Å². The zero-order valence-corrected chi connectivity index (χ0v) is 22.2. The van der Waals surface area contributed by atoms with Crippen LogP contribution in [0.4, 0.5) is 15.8 Å². The number of amides is 2. The highest BCUT2D eigenvalue weighted by Crippen LogP contribution is 2.65. The molecule has 1 fully saturated rings. The van der Waals surface area contributed by atoms with Crippen LogP contribution in [0.5, 0.6) is 0 Å². The second-order valence-electron chi connectivity index (χ2n) is 7.59. The molecule has 0 aromatic heterocycles. The van der Waals surface area contributed by atoms with Crippen LogP contribution < -0.4 is 10.6 Å². The topological polar surface area (TPSA) is 58.2 Å². The third-order valence-corrected chi connectivity index (χ3v) is 7.44. The highest BCUT2D eigenvalue weighted by molar-refractivity contribution is 9.10. The molecule has 1 saturated carbocycles. The first-order valence-electron chi connectivity index (χ1n) is 9.68. The molecule has 0 saturated heterocycles. The Morgan fingerprint density at radius 2 is 1.59 bits per heavy atom. The van der Waals surface area contributed by atoms with Gasteiger partial charge in [-0.05, 0) is 60.2 Å². The van der Waals surface area contributed by atoms with E-state index in [1.807, 2.05) is 0 Å². The van der Waals surface area contributed by atoms with E-state index in [1.165, 1.54) is 30.3 Å². The Balaban J connectivity index is 1.52. The van der Waals surface area contributed by atoms with E-state index in [-0.39, 0.29) is 22.0 Å². The maximum absolute atomic E-state index is 14.1. The third-order valence-electron chi connectivity index (χ3n) is 5.24. The minimum atomic E-state index is -1.36. The van der Waals surface area contributed by atoms with Crippen molar-refractivity contribution in [2.75, 3.05) is 10.6 Å². The fraction of sp³-hybridized carbons (Fsp3) is 0.130. The molecule has 4 nitrogen and oxygen atoms in total. The second kappa shape index (κ2) is 9.84. The third kappa shape index (κ3) is 5.32. The van der Waals surface area contributed by atoms with Crippen molar-refractivity contribution in [2.45, 2.75) is 10.3 Å². The lowest BCUT2D eigenvalue weighted by atomic mass is 10.1. The molecule has 0 radical (unpaired) electrons. The van der Waals surface area contributed by atoms with Crippen LogP contribution in [0, 0.1) is 11.7 Å². The molecule has 3 aromatic carbocycles. The predicted octanol–water partition coefficient (Wildman–Crippen LogP) is 8.33. The molecule has 11 heteroatoms. The van der Waals surface area contributed by atoms with Crippen molar-refractivity contribution >= 4 is 97.1 Å². The first-order chi connectivity index (χ1) is 16.0. The molecular weight excluding hydrogens is 612 g/mol. The Morgan fingerprint density at radius 3 is 2.24 bits per heavy atom. The lowest BCUT2D eigenvalue weighted by Crippen LogP contribution is -2.18. The van der Waals surface area contributed by atoms with Crippen molar-refractivity contribution in [1.82, 2.24) is 0 Å². The number of carbonyl (C=O) groups excluding carboxylic acids is 2. The fourth-order valence-corrected chi connectivity index (χ4v) is 5.51. The van der Waals surface area contributed by atoms with Gasteiger partial charge in [0.25, 0.3) is 5.91 Å². The first kappa shape index (κ1) is 25.5. The lowest BCUT2D eigenvalue weighted by Gasteiger charge is -2.11. The van der Waals surface area contributed by atoms with E-state index in [9.17, 15) is 14.0 Å². The van der Waals surface area contributed by atoms with Crippen LogP contribution >= 0.6 is 73.9 Å². The molecule has 2 amide bonds. The molecule has 4 rings (SSSR count). The number of carbonyl (C=O) groups is 2. The van der Waals surface area contributed by atoms with Gasteiger partial charge in [-0.2, -0.15) is 0 Å². The molecule has 2 N–H and O–H groups in total. The van der Waals surface area contributed by atoms with Crippen molar-refractivity contribution in [3.8, 4) is 0 Å². The number of alkyl halides is 2. The van der Waals surface area contributed by atoms with E-state index in [1.54, 1.807) is 24.3 Å². The summed E-state index contributed by atoms with van der Waals surface area (Å²) in [7, 11) is 0. The molecule has 0 heterocycles. The molecule has 0 spiro atoms. The van der Waals surface area contributed by atoms with Crippen LogP contribution in [-0.4, -0.2) is 16.1 Å². The molecule has 0 bridgehead atoms. The van der Waals surface area contributed by atoms with Gasteiger partial charge in [0, 0.05) is 26.1 Å². The van der Waals surface area contributed by atoms with E-state index < -0.39 is 33.8 Å². The number of benzene rings is 3. The molecule has 0 unspecified atom stereocenters. The molecule has 1 aliphatic carbocycles. The molecule has 176 valence electrons. The summed E-state index contributed by atoms with van der Waals surface area (Å²) in [4.78, 5) is 25.7. The van der Waals surface area contributed by atoms with Gasteiger partial charge in [-0.1, -0.05) is 50.7 Å². The van der Waals surface area contributed by atoms with Crippen molar-refractivity contribution in [2.24, 2.45) is 5.92 Å². The summed E-state index contributed by atoms with van der Waals surface area (Å²) in [5.74, 6) is -3.04. The molecule has 1 aliphatic rings. The Bertz CT molecular complexity index is 1300. The van der Waals surface area contributed by atoms with E-state index >= 15 is 0 Å². The summed E-state index contributed by atoms with van der Waals surface area (Å²) >= 11 is 34.2. The number of hydrogen-bond donors (Lipinski definition) is 2. The Hall–Kier alpha value is -1.54. The van der Waals surface area contributed by atoms with Gasteiger partial charge in [0.1, 0.15) is 10.2 Å². The van der Waals surface area contributed by atoms with E-state index in [0.29, 0.717) is 20.1 Å². The first-order valence-corrected chi connectivity index (χ1v) is 12.4. The van der Waals surface area contributed by atoms with Crippen molar-refractivity contribution in [1.29, 1.82) is 0 Å². The van der Waals surface area contributed by atoms with Crippen LogP contribution in [0.2, 0.25) is 15.1 Å². The standard InChI is InChI=1S/C23H13BrCl5FN2O2/c24-11-1-4-18(17(30)7-11)32-21(33)15-9-14(2-3-16(15)27)31-22(34)20-19(23(20,28)29)10-5-12(25)8-13(26)6-10/h1-9,19-20H,(H,31,34)(H,32,33)/t19-,20+/m0/s1. The molecule has 0 aliphatic heterocycles. The van der Waals surface area contributed by atoms with Crippen LogP contribution in [0.3, 0.4) is 0 Å². The molecular formula is C23H13BrCl5FN2O2. The smallest absolute Gasteiger partial charge is 0.257 e. The largest absolute Gasteiger partial charge is 0.326 e. The molecule has 2 atom stereocenters. The van der Waals surface area contributed by atoms with Crippen LogP contribution in [0.1, 0.15) is 21.8 Å². The van der Waals surface area contributed by atoms with Gasteiger partial charge in [-0.3, -0.25) is 9.59 Å². The Morgan fingerprint density at radius 1 is 0.912 bits per heavy atom. The predicted molar refractivity (Wildman–Crippen MR) is 139 cm³/mol. The zero-order valence-electron chi connectivity index (χ0n) is 16.8. The number of nitrogens with one attached hydrogen (secondary N) is 2. The minimum absolute atomic E-state index is 0.0197. The van der Waals surface area contributed by atoms with Gasteiger partial charge < -0.3 is 10.6 Å². The summed E-state index contributed by atoms with van der Waals surface area (Å²) in [5.41, 5.74) is 0.942. The molecule has 3 aromatic rings. The maximum Gasteiger partial charge on any atom is 0.257 e. The van der Waals surface area contributed by atoms with Gasteiger partial charge in [-0.25, -0.2) is 4.39 Å². The summed E-state index contributed by atoms with van der Waals surface area (Å²) in [5, 5.41) is 6.08. The maximum atomic E-state index is 14.1. The van der Waals surface area contributed by atoms with Crippen molar-refractivity contribution in [3.63, 3.8) is 0 Å². The summed E-state index contributed by atoms with van der Waals surface area (Å²) in [6, 6.07) is 13.4. The Kier molecular flexibility index (Phi) is 7.40. The average molecular weight is 626 g/mol. The number of rotatable bonds is 5.